The van der Waals surface area contributed by atoms with Crippen LogP contribution in [0.15, 0.2) is 44.2 Å². The molecule has 0 radical (unpaired) electrons. The molecular weight excluding hydrogens is 481 g/mol. The number of halogens is 3. The number of hydrogen-bond acceptors (Lipinski definition) is 5. The Balaban J connectivity index is 1.54. The summed E-state index contributed by atoms with van der Waals surface area (Å²) in [6.45, 7) is 1.51. The molecule has 2 heterocycles. The molecule has 6 atom stereocenters. The molecule has 5 rings (SSSR count). The molecule has 5 nitrogen and oxygen atoms in total. The summed E-state index contributed by atoms with van der Waals surface area (Å²) in [6, 6.07) is 0. The van der Waals surface area contributed by atoms with Crippen molar-refractivity contribution in [2.45, 2.75) is 70.4 Å². The van der Waals surface area contributed by atoms with Gasteiger partial charge < -0.3 is 15.1 Å². The molecule has 0 saturated carbocycles. The van der Waals surface area contributed by atoms with Gasteiger partial charge in [0.05, 0.1) is 10.7 Å². The summed E-state index contributed by atoms with van der Waals surface area (Å²) in [4.78, 5) is 1.95. The minimum Gasteiger partial charge on any atom is -0.378 e. The van der Waals surface area contributed by atoms with Crippen LogP contribution in [0, 0.1) is 23.7 Å². The van der Waals surface area contributed by atoms with Crippen LogP contribution in [0.5, 0.6) is 0 Å². The molecule has 0 spiro atoms. The molecular formula is C25H34Cl3N3O2. The van der Waals surface area contributed by atoms with Crippen LogP contribution in [-0.4, -0.2) is 40.8 Å². The summed E-state index contributed by atoms with van der Waals surface area (Å²) in [5, 5.41) is 30.2. The van der Waals surface area contributed by atoms with Gasteiger partial charge in [0, 0.05) is 28.2 Å². The van der Waals surface area contributed by atoms with Crippen LogP contribution in [0.2, 0.25) is 0 Å². The van der Waals surface area contributed by atoms with Crippen molar-refractivity contribution in [2.75, 3.05) is 13.1 Å². The van der Waals surface area contributed by atoms with Gasteiger partial charge in [-0.2, -0.15) is 0 Å². The Morgan fingerprint density at radius 3 is 2.61 bits per heavy atom. The molecule has 0 aromatic carbocycles. The van der Waals surface area contributed by atoms with Gasteiger partial charge in [0.15, 0.2) is 6.35 Å². The second-order valence-corrected chi connectivity index (χ2v) is 11.5. The predicted octanol–water partition coefficient (Wildman–Crippen LogP) is 5.06. The zero-order chi connectivity index (χ0) is 23.1. The highest BCUT2D eigenvalue weighted by Crippen LogP contribution is 2.50. The Labute approximate surface area is 211 Å². The molecule has 2 aliphatic heterocycles. The summed E-state index contributed by atoms with van der Waals surface area (Å²) >= 11 is 20.1. The van der Waals surface area contributed by atoms with Crippen LogP contribution in [0.3, 0.4) is 0 Å². The first kappa shape index (κ1) is 24.2. The molecule has 6 unspecified atom stereocenters. The Kier molecular flexibility index (Phi) is 7.49. The Bertz CT molecular complexity index is 899. The van der Waals surface area contributed by atoms with Crippen molar-refractivity contribution in [2.24, 2.45) is 23.7 Å². The number of aliphatic hydroxyl groups is 2. The molecule has 4 N–H and O–H groups in total. The zero-order valence-electron chi connectivity index (χ0n) is 18.9. The summed E-state index contributed by atoms with van der Waals surface area (Å²) in [7, 11) is 0. The second kappa shape index (κ2) is 10.2. The molecule has 182 valence electrons. The third kappa shape index (κ3) is 4.80. The monoisotopic (exact) mass is 513 g/mol. The Morgan fingerprint density at radius 1 is 1.03 bits per heavy atom. The number of aliphatic hydroxyl groups excluding tert-OH is 2. The molecule has 8 heteroatoms. The number of allylic oxidation sites excluding steroid dienone is 6. The smallest absolute Gasteiger partial charge is 0.188 e. The predicted molar refractivity (Wildman–Crippen MR) is 133 cm³/mol. The third-order valence-electron chi connectivity index (χ3n) is 8.16. The third-order valence-corrected chi connectivity index (χ3v) is 9.30. The Morgan fingerprint density at radius 2 is 1.88 bits per heavy atom. The molecule has 0 aromatic rings. The summed E-state index contributed by atoms with van der Waals surface area (Å²) in [5.41, 5.74) is 3.19. The van der Waals surface area contributed by atoms with Gasteiger partial charge in [-0.1, -0.05) is 47.0 Å². The van der Waals surface area contributed by atoms with Crippen molar-refractivity contribution >= 4 is 34.8 Å². The van der Waals surface area contributed by atoms with Crippen molar-refractivity contribution in [1.29, 1.82) is 0 Å². The van der Waals surface area contributed by atoms with Crippen LogP contribution in [0.4, 0.5) is 0 Å². The van der Waals surface area contributed by atoms with E-state index in [0.29, 0.717) is 34.4 Å². The van der Waals surface area contributed by atoms with Crippen LogP contribution < -0.4 is 10.6 Å². The average molecular weight is 515 g/mol. The summed E-state index contributed by atoms with van der Waals surface area (Å²) in [5.74, 6) is 1.28. The number of nitrogens with one attached hydrogen (secondary N) is 2. The molecule has 5 aliphatic rings. The van der Waals surface area contributed by atoms with Crippen LogP contribution in [0.1, 0.15) is 57.8 Å². The van der Waals surface area contributed by atoms with Gasteiger partial charge in [-0.25, -0.2) is 0 Å². The van der Waals surface area contributed by atoms with E-state index in [2.05, 4.69) is 16.7 Å². The van der Waals surface area contributed by atoms with Crippen molar-refractivity contribution in [3.63, 3.8) is 0 Å². The van der Waals surface area contributed by atoms with Gasteiger partial charge in [0.1, 0.15) is 6.23 Å². The zero-order valence-corrected chi connectivity index (χ0v) is 21.1. The van der Waals surface area contributed by atoms with Crippen LogP contribution >= 0.6 is 34.8 Å². The fourth-order valence-corrected chi connectivity index (χ4v) is 7.60. The van der Waals surface area contributed by atoms with E-state index in [1.54, 1.807) is 0 Å². The fraction of sp³-hybridized carbons (Fsp3) is 0.680. The van der Waals surface area contributed by atoms with Gasteiger partial charge in [0.25, 0.3) is 0 Å². The van der Waals surface area contributed by atoms with Crippen molar-refractivity contribution < 1.29 is 10.2 Å². The van der Waals surface area contributed by atoms with Crippen molar-refractivity contribution in [1.82, 2.24) is 15.5 Å². The average Bonchev–Trinajstić information content (AvgIpc) is 3.19. The highest BCUT2D eigenvalue weighted by Gasteiger charge is 2.43. The highest BCUT2D eigenvalue weighted by atomic mass is 35.5. The lowest BCUT2D eigenvalue weighted by Crippen LogP contribution is -2.53. The Hall–Kier alpha value is -0.530. The quantitative estimate of drug-likeness (QED) is 0.422. The van der Waals surface area contributed by atoms with Crippen molar-refractivity contribution in [3.8, 4) is 0 Å². The van der Waals surface area contributed by atoms with E-state index in [-0.39, 0.29) is 5.92 Å². The molecule has 1 saturated heterocycles. The lowest BCUT2D eigenvalue weighted by molar-refractivity contribution is 0.00281. The molecule has 3 aliphatic carbocycles. The number of rotatable bonds is 4. The van der Waals surface area contributed by atoms with Gasteiger partial charge in [0.2, 0.25) is 0 Å². The first-order valence-corrected chi connectivity index (χ1v) is 13.5. The number of hydrogen-bond donors (Lipinski definition) is 4. The standard InChI is InChI=1S/C25H34Cl3N3O2/c26-19-5-2-1-4-16(19)17-11-14(10-15-8-9-29-24(15)32)12-22-18(17)13-30-25(33)31(22)23-20(27)6-3-7-21(23)28/h5-6,14-17,24-25,29-30,32-33H,1-4,7-13H2. The SMILES string of the molecule is OC1NCCC1CC1CC2=C(CNC(O)N2C2=C(Cl)CCC=C2Cl)C(C2CCCC=C2Cl)C1. The van der Waals surface area contributed by atoms with E-state index in [1.807, 2.05) is 11.0 Å². The lowest BCUT2D eigenvalue weighted by Gasteiger charge is -2.48. The first-order valence-electron chi connectivity index (χ1n) is 12.4. The maximum atomic E-state index is 11.1. The van der Waals surface area contributed by atoms with E-state index in [1.165, 1.54) is 5.57 Å². The highest BCUT2D eigenvalue weighted by molar-refractivity contribution is 6.35. The van der Waals surface area contributed by atoms with Gasteiger partial charge in [-0.3, -0.25) is 10.6 Å². The topological polar surface area (TPSA) is 67.8 Å². The van der Waals surface area contributed by atoms with Crippen LogP contribution in [0.25, 0.3) is 0 Å². The van der Waals surface area contributed by atoms with Crippen molar-refractivity contribution in [3.05, 3.63) is 44.2 Å². The summed E-state index contributed by atoms with van der Waals surface area (Å²) < 4.78 is 0. The first-order chi connectivity index (χ1) is 15.9. The van der Waals surface area contributed by atoms with E-state index >= 15 is 0 Å². The maximum absolute atomic E-state index is 11.1. The summed E-state index contributed by atoms with van der Waals surface area (Å²) in [6.07, 6.45) is 11.6. The largest absolute Gasteiger partial charge is 0.378 e. The molecule has 33 heavy (non-hydrogen) atoms. The molecule has 0 amide bonds. The lowest BCUT2D eigenvalue weighted by atomic mass is 9.68. The molecule has 0 bridgehead atoms. The number of nitrogens with zero attached hydrogens (tertiary/aromatic N) is 1. The molecule has 1 fully saturated rings. The fourth-order valence-electron chi connectivity index (χ4n) is 6.57. The van der Waals surface area contributed by atoms with Crippen LogP contribution in [-0.2, 0) is 0 Å². The second-order valence-electron chi connectivity index (χ2n) is 10.2. The van der Waals surface area contributed by atoms with Gasteiger partial charge >= 0.3 is 0 Å². The van der Waals surface area contributed by atoms with Gasteiger partial charge in [-0.05, 0) is 87.7 Å². The van der Waals surface area contributed by atoms with Gasteiger partial charge in [-0.15, -0.1) is 0 Å². The van der Waals surface area contributed by atoms with E-state index in [0.717, 1.165) is 80.8 Å². The minimum atomic E-state index is -0.872. The van der Waals surface area contributed by atoms with E-state index in [9.17, 15) is 10.2 Å². The minimum absolute atomic E-state index is 0.260. The maximum Gasteiger partial charge on any atom is 0.188 e. The molecule has 0 aromatic heterocycles. The normalized spacial score (nSPS) is 37.8. The van der Waals surface area contributed by atoms with E-state index < -0.39 is 12.6 Å². The van der Waals surface area contributed by atoms with E-state index in [4.69, 9.17) is 34.8 Å².